The molecule has 0 saturated heterocycles. The van der Waals surface area contributed by atoms with Gasteiger partial charge in [-0.05, 0) is 132 Å². The first-order valence-electron chi connectivity index (χ1n) is 22.9. The zero-order valence-electron chi connectivity index (χ0n) is 37.2. The van der Waals surface area contributed by atoms with Gasteiger partial charge in [-0.3, -0.25) is 4.99 Å². The van der Waals surface area contributed by atoms with Crippen molar-refractivity contribution in [2.45, 2.75) is 46.0 Å². The minimum Gasteiger partial charge on any atom is -0.313 e. The number of aromatic nitrogens is 2. The summed E-state index contributed by atoms with van der Waals surface area (Å²) in [6, 6.07) is 57.3. The summed E-state index contributed by atoms with van der Waals surface area (Å²) in [4.78, 5) is 4.90. The fourth-order valence-electron chi connectivity index (χ4n) is 10.3. The molecule has 9 aromatic rings. The van der Waals surface area contributed by atoms with E-state index >= 15 is 0 Å². The van der Waals surface area contributed by atoms with E-state index in [4.69, 9.17) is 4.99 Å². The fourth-order valence-corrected chi connectivity index (χ4v) is 10.3. The number of para-hydroxylation sites is 2. The van der Waals surface area contributed by atoms with E-state index in [2.05, 4.69) is 192 Å². The molecule has 0 N–H and O–H groups in total. The molecule has 0 spiro atoms. The Morgan fingerprint density at radius 2 is 1.29 bits per heavy atom. The summed E-state index contributed by atoms with van der Waals surface area (Å²) < 4.78 is 5.02. The van der Waals surface area contributed by atoms with Crippen molar-refractivity contribution in [2.75, 3.05) is 0 Å². The van der Waals surface area contributed by atoms with Gasteiger partial charge in [0, 0.05) is 50.9 Å². The normalized spacial score (nSPS) is 13.9. The van der Waals surface area contributed by atoms with Crippen LogP contribution in [0, 0.1) is 0 Å². The van der Waals surface area contributed by atoms with Crippen LogP contribution in [0.3, 0.4) is 0 Å². The van der Waals surface area contributed by atoms with E-state index in [1.165, 1.54) is 113 Å². The lowest BCUT2D eigenvalue weighted by molar-refractivity contribution is 0.887. The number of aliphatic imine (C=N–C) groups is 1. The number of hydrogen-bond donors (Lipinski definition) is 0. The maximum atomic E-state index is 4.90. The van der Waals surface area contributed by atoms with Gasteiger partial charge in [-0.15, -0.1) is 0 Å². The molecule has 3 heteroatoms. The Kier molecular flexibility index (Phi) is 10.3. The maximum Gasteiger partial charge on any atom is 0.0633 e. The third kappa shape index (κ3) is 7.14. The van der Waals surface area contributed by atoms with Crippen LogP contribution in [-0.4, -0.2) is 14.8 Å². The molecule has 0 radical (unpaired) electrons. The van der Waals surface area contributed by atoms with Crippen LogP contribution >= 0.6 is 0 Å². The fraction of sp³-hybridized carbons (Fsp3) is 0.113. The van der Waals surface area contributed by atoms with Crippen molar-refractivity contribution < 1.29 is 0 Å². The highest BCUT2D eigenvalue weighted by molar-refractivity contribution is 6.12. The largest absolute Gasteiger partial charge is 0.313 e. The lowest BCUT2D eigenvalue weighted by atomic mass is 9.91. The van der Waals surface area contributed by atoms with E-state index < -0.39 is 0 Å². The molecule has 0 aliphatic heterocycles. The molecule has 0 bridgehead atoms. The van der Waals surface area contributed by atoms with Crippen molar-refractivity contribution in [3.63, 3.8) is 0 Å². The van der Waals surface area contributed by atoms with E-state index in [0.717, 1.165) is 41.8 Å². The van der Waals surface area contributed by atoms with Crippen LogP contribution in [0.15, 0.2) is 211 Å². The second-order valence-electron chi connectivity index (χ2n) is 17.5. The van der Waals surface area contributed by atoms with Crippen LogP contribution in [0.1, 0.15) is 66.6 Å². The zero-order valence-corrected chi connectivity index (χ0v) is 37.2. The molecule has 0 saturated carbocycles. The van der Waals surface area contributed by atoms with Gasteiger partial charge in [-0.2, -0.15) is 0 Å². The molecule has 12 rings (SSSR count). The maximum absolute atomic E-state index is 4.90. The summed E-state index contributed by atoms with van der Waals surface area (Å²) in [5.41, 5.74) is 23.1. The molecule has 7 aromatic carbocycles. The van der Waals surface area contributed by atoms with Gasteiger partial charge in [-0.25, -0.2) is 0 Å². The summed E-state index contributed by atoms with van der Waals surface area (Å²) in [6.45, 7) is 12.3. The van der Waals surface area contributed by atoms with E-state index in [1.54, 1.807) is 0 Å². The third-order valence-corrected chi connectivity index (χ3v) is 13.4. The zero-order chi connectivity index (χ0) is 44.0. The molecule has 0 fully saturated rings. The van der Waals surface area contributed by atoms with Crippen LogP contribution in [0.25, 0.3) is 78.1 Å². The molecule has 2 aromatic heterocycles. The van der Waals surface area contributed by atoms with Crippen molar-refractivity contribution in [2.24, 2.45) is 4.99 Å². The van der Waals surface area contributed by atoms with E-state index in [1.807, 2.05) is 32.0 Å². The first-order chi connectivity index (χ1) is 31.9. The average molecular weight is 838 g/mol. The van der Waals surface area contributed by atoms with Gasteiger partial charge in [-0.1, -0.05) is 164 Å². The number of rotatable bonds is 7. The lowest BCUT2D eigenvalue weighted by Gasteiger charge is -2.16. The lowest BCUT2D eigenvalue weighted by Crippen LogP contribution is -2.04. The van der Waals surface area contributed by atoms with Gasteiger partial charge >= 0.3 is 0 Å². The summed E-state index contributed by atoms with van der Waals surface area (Å²) in [5.74, 6) is 0. The predicted octanol–water partition coefficient (Wildman–Crippen LogP) is 16.2. The Balaban J connectivity index is 0.000000468. The highest BCUT2D eigenvalue weighted by atomic mass is 15.0. The highest BCUT2D eigenvalue weighted by Crippen LogP contribution is 2.49. The second kappa shape index (κ2) is 16.7. The quantitative estimate of drug-likeness (QED) is 0.143. The van der Waals surface area contributed by atoms with Crippen molar-refractivity contribution in [1.29, 1.82) is 0 Å². The molecule has 0 amide bonds. The summed E-state index contributed by atoms with van der Waals surface area (Å²) >= 11 is 0. The van der Waals surface area contributed by atoms with Gasteiger partial charge in [0.05, 0.1) is 22.2 Å². The molecular formula is C62H51N3. The minimum absolute atomic E-state index is 0.765. The smallest absolute Gasteiger partial charge is 0.0633 e. The van der Waals surface area contributed by atoms with Crippen LogP contribution in [0.4, 0.5) is 0 Å². The number of nitrogens with zero attached hydrogens (tertiary/aromatic N) is 3. The summed E-state index contributed by atoms with van der Waals surface area (Å²) in [6.07, 6.45) is 16.6. The molecule has 65 heavy (non-hydrogen) atoms. The van der Waals surface area contributed by atoms with Crippen molar-refractivity contribution in [3.05, 3.63) is 240 Å². The Morgan fingerprint density at radius 1 is 0.569 bits per heavy atom. The Hall–Kier alpha value is -7.75. The molecule has 3 nitrogen and oxygen atoms in total. The first-order valence-corrected chi connectivity index (χ1v) is 22.9. The van der Waals surface area contributed by atoms with Crippen LogP contribution in [0.2, 0.25) is 0 Å². The van der Waals surface area contributed by atoms with E-state index in [-0.39, 0.29) is 0 Å². The molecule has 3 aliphatic carbocycles. The minimum atomic E-state index is 0.765. The van der Waals surface area contributed by atoms with Gasteiger partial charge < -0.3 is 9.13 Å². The van der Waals surface area contributed by atoms with Gasteiger partial charge in [0.1, 0.15) is 0 Å². The molecule has 314 valence electrons. The average Bonchev–Trinajstić information content (AvgIpc) is 4.03. The number of hydrogen-bond acceptors (Lipinski definition) is 1. The monoisotopic (exact) mass is 837 g/mol. The SMILES string of the molecule is C=C(C)C1=CCCC=C1.C=C(N=C(C)c1ccccc1)c1ccc(-c2cc3c(c4c2c2c(n4-c4ccc5c(c4)c4ccccc4n5-c4ccccc4)CCC=C2)Cc2ccccc2-3)cc1. The molecule has 3 aliphatic rings. The second-order valence-corrected chi connectivity index (χ2v) is 17.5. The van der Waals surface area contributed by atoms with Gasteiger partial charge in [0.15, 0.2) is 0 Å². The van der Waals surface area contributed by atoms with Crippen molar-refractivity contribution >= 4 is 50.2 Å². The van der Waals surface area contributed by atoms with Crippen molar-refractivity contribution in [3.8, 4) is 33.6 Å². The number of benzene rings is 7. The van der Waals surface area contributed by atoms with Gasteiger partial charge in [0.2, 0.25) is 0 Å². The number of fused-ring (bicyclic) bond motifs is 10. The van der Waals surface area contributed by atoms with E-state index in [0.29, 0.717) is 0 Å². The number of allylic oxidation sites excluding steroid dienone is 6. The third-order valence-electron chi connectivity index (χ3n) is 13.4. The van der Waals surface area contributed by atoms with Gasteiger partial charge in [0.25, 0.3) is 0 Å². The van der Waals surface area contributed by atoms with Crippen LogP contribution in [0.5, 0.6) is 0 Å². The Morgan fingerprint density at radius 3 is 2.06 bits per heavy atom. The summed E-state index contributed by atoms with van der Waals surface area (Å²) in [5, 5.41) is 3.86. The molecule has 0 atom stereocenters. The van der Waals surface area contributed by atoms with Crippen LogP contribution < -0.4 is 0 Å². The standard InChI is InChI=1S/C53H39N3.C9H12/c1-34(36-15-5-3-6-16-36)54-35(2)37-25-27-38(28-26-37)45-33-46-42-20-10-9-17-39(42)31-48(46)53-52(45)44-22-12-14-24-50(44)56(53)41-29-30-51-47(32-41)43-21-11-13-23-49(43)55(51)40-18-7-4-8-19-40;1-8(2)9-6-4-3-5-7-9/h3-13,15-23,25-30,32-33H,2,14,24,31H2,1H3;4,6-7H,1,3,5H2,2H3. The van der Waals surface area contributed by atoms with Crippen LogP contribution in [-0.2, 0) is 12.8 Å². The Labute approximate surface area is 382 Å². The summed E-state index contributed by atoms with van der Waals surface area (Å²) in [7, 11) is 0. The molecule has 2 heterocycles. The first kappa shape index (κ1) is 40.1. The highest BCUT2D eigenvalue weighted by Gasteiger charge is 2.30. The topological polar surface area (TPSA) is 22.2 Å². The van der Waals surface area contributed by atoms with Crippen molar-refractivity contribution in [1.82, 2.24) is 9.13 Å². The molecular weight excluding hydrogens is 787 g/mol. The predicted molar refractivity (Wildman–Crippen MR) is 278 cm³/mol. The Bertz CT molecular complexity index is 3470. The molecule has 0 unspecified atom stereocenters. The van der Waals surface area contributed by atoms with E-state index in [9.17, 15) is 0 Å².